The molecule has 8 atom stereocenters. The molecule has 6 aromatic rings. The van der Waals surface area contributed by atoms with Crippen molar-refractivity contribution in [1.82, 2.24) is 9.80 Å². The Morgan fingerprint density at radius 2 is 0.919 bits per heavy atom. The van der Waals surface area contributed by atoms with Crippen LogP contribution in [-0.2, 0) is 43.0 Å². The highest BCUT2D eigenvalue weighted by atomic mass is 79.9. The number of aromatic hydroxyl groups is 5. The number of phenols is 5. The molecule has 604 valence electrons. The number of nitrogens with zero attached hydrogens (tertiary/aromatic N) is 2. The maximum atomic E-state index is 12.3. The van der Waals surface area contributed by atoms with Crippen LogP contribution in [0, 0.1) is 41.4 Å². The zero-order valence-electron chi connectivity index (χ0n) is 67.3. The number of esters is 1. The zero-order chi connectivity index (χ0) is 77.1. The Kier molecular flexibility index (Phi) is 31.0. The molecule has 10 fully saturated rings. The molecule has 16 rings (SSSR count). The van der Waals surface area contributed by atoms with Crippen LogP contribution in [0.15, 0.2) is 175 Å². The monoisotopic (exact) mass is 1580 g/mol. The molecule has 13 heteroatoms. The molecule has 8 N–H and O–H groups in total. The maximum Gasteiger partial charge on any atom is 0.330 e. The van der Waals surface area contributed by atoms with Crippen molar-refractivity contribution in [2.75, 3.05) is 52.6 Å². The molecule has 0 spiro atoms. The number of likely N-dealkylation sites (tertiary alicyclic amines) is 2. The lowest BCUT2D eigenvalue weighted by atomic mass is 9.52. The number of carbonyl (C=O) groups excluding carboxylic acids is 1. The molecule has 10 aliphatic rings. The number of rotatable bonds is 20. The van der Waals surface area contributed by atoms with E-state index in [0.29, 0.717) is 83.1 Å². The fourth-order valence-electron chi connectivity index (χ4n) is 24.8. The summed E-state index contributed by atoms with van der Waals surface area (Å²) >= 11 is 0. The van der Waals surface area contributed by atoms with E-state index >= 15 is 0 Å². The largest absolute Gasteiger partial charge is 0.508 e. The molecule has 8 saturated carbocycles. The van der Waals surface area contributed by atoms with Gasteiger partial charge in [0.05, 0.1) is 13.2 Å². The second-order valence-electron chi connectivity index (χ2n) is 34.9. The van der Waals surface area contributed by atoms with Crippen molar-refractivity contribution in [3.8, 4) is 28.7 Å². The quantitative estimate of drug-likeness (QED) is 0.0205. The van der Waals surface area contributed by atoms with Gasteiger partial charge in [-0.25, -0.2) is 4.79 Å². The second kappa shape index (κ2) is 40.2. The SMILES string of the molecule is Br.CCCN1CC[C@@]2(c3cccc(O)c3)CCC[C@@H]1/C2=C\C(=O)OCC.CCC[C@H]1C2CCCC1(c1cccc(O)c1)CCC2.OC/C=C/[C@H]1C2CCCC1(c1cccc(O)c1)CCC2.OCCC[C@H]1[C@@H]2CCC[C@]1(c1cccc(O)c1)CCN2CCc1ccccc1.OC[C@H]1C2CCCC1(c1cccc(O)c1)CCC2. The van der Waals surface area contributed by atoms with Crippen molar-refractivity contribution in [2.45, 2.75) is 265 Å². The summed E-state index contributed by atoms with van der Waals surface area (Å²) in [6.07, 6.45) is 45.1. The number of hydrogen-bond acceptors (Lipinski definition) is 12. The Bertz CT molecular complexity index is 3900. The first-order valence-corrected chi connectivity index (χ1v) is 43.5. The summed E-state index contributed by atoms with van der Waals surface area (Å²) in [4.78, 5) is 17.5. The van der Waals surface area contributed by atoms with Crippen LogP contribution in [0.3, 0.4) is 0 Å². The van der Waals surface area contributed by atoms with Crippen molar-refractivity contribution < 1.29 is 50.4 Å². The third-order valence-electron chi connectivity index (χ3n) is 29.4. The standard InChI is InChI=1S/C25H33NO2.C21H29NO3.C18H24O2.C18H26O.C16H22O2.BrH/c27-18-6-11-23-24-12-5-14-25(23,21-9-4-10-22(28)19-21)15-17-26(24)16-13-20-7-2-1-3-8-20;1-3-12-22-13-11-21(16-7-5-8-17(23)14-16)10-6-9-19(22)18(21)15-20(24)25-4-2;19-12-4-9-17-14-5-2-10-18(17,11-3-6-14)15-7-1-8-16(20)13-15;1-2-6-17-14-7-4-11-18(17,12-5-8-14)15-9-3-10-16(19)13-15;17-11-15-12-4-2-8-16(15,9-3-5-12)13-6-1-7-14(18)10-13;/h1-4,7-10,19,23-24,27-28H,5-6,11-18H2;5,7-8,14-15,19,23H,3-4,6,9-13H2,1-2H3;1,4,7-9,13-14,17,19-20H,2-3,5-6,10-12H2;3,9-10,13-14,17,19H,2,4-8,11-12H2,1H3;1,6-7,10,12,15,17-18H,2-5,8-9,11H2;1H/b;18-15+;9-4+;;;/t23-,24-,25+;19-,21-;2*14?,17-,18?;12?,15-,16?;/m01000./s1. The van der Waals surface area contributed by atoms with Crippen molar-refractivity contribution in [2.24, 2.45) is 41.4 Å². The van der Waals surface area contributed by atoms with Crippen LogP contribution in [-0.4, -0.2) is 121 Å². The summed E-state index contributed by atoms with van der Waals surface area (Å²) < 4.78 is 5.23. The molecule has 6 aromatic carbocycles. The van der Waals surface area contributed by atoms with Gasteiger partial charge in [0.25, 0.3) is 0 Å². The average Bonchev–Trinajstić information content (AvgIpc) is 0.812. The number of hydrogen-bond donors (Lipinski definition) is 8. The topological polar surface area (TPSA) is 195 Å². The van der Waals surface area contributed by atoms with E-state index in [0.717, 1.165) is 120 Å². The van der Waals surface area contributed by atoms with Crippen LogP contribution in [0.4, 0.5) is 0 Å². The van der Waals surface area contributed by atoms with Gasteiger partial charge in [0.15, 0.2) is 0 Å². The van der Waals surface area contributed by atoms with Crippen LogP contribution in [0.1, 0.15) is 253 Å². The average molecular weight is 1580 g/mol. The van der Waals surface area contributed by atoms with E-state index in [9.17, 15) is 40.5 Å². The van der Waals surface area contributed by atoms with Crippen LogP contribution in [0.5, 0.6) is 28.7 Å². The summed E-state index contributed by atoms with van der Waals surface area (Å²) in [7, 11) is 0. The smallest absolute Gasteiger partial charge is 0.330 e. The van der Waals surface area contributed by atoms with Gasteiger partial charge in [0.1, 0.15) is 28.7 Å². The Morgan fingerprint density at radius 1 is 0.459 bits per heavy atom. The van der Waals surface area contributed by atoms with Crippen molar-refractivity contribution in [3.63, 3.8) is 0 Å². The predicted molar refractivity (Wildman–Crippen MR) is 454 cm³/mol. The first-order valence-electron chi connectivity index (χ1n) is 43.5. The van der Waals surface area contributed by atoms with Gasteiger partial charge >= 0.3 is 5.97 Å². The number of carbonyl (C=O) groups is 1. The second-order valence-corrected chi connectivity index (χ2v) is 34.9. The van der Waals surface area contributed by atoms with E-state index in [2.05, 4.69) is 90.4 Å². The Morgan fingerprint density at radius 3 is 1.41 bits per heavy atom. The lowest BCUT2D eigenvalue weighted by Crippen LogP contribution is -2.59. The Hall–Kier alpha value is -6.45. The minimum atomic E-state index is -0.243. The number of benzene rings is 6. The third kappa shape index (κ3) is 19.2. The van der Waals surface area contributed by atoms with E-state index in [1.807, 2.05) is 73.7 Å². The Balaban J connectivity index is 0.000000138. The van der Waals surface area contributed by atoms with E-state index in [-0.39, 0.29) is 57.8 Å². The highest BCUT2D eigenvalue weighted by Gasteiger charge is 2.54. The van der Waals surface area contributed by atoms with E-state index in [1.165, 1.54) is 168 Å². The van der Waals surface area contributed by atoms with Gasteiger partial charge in [-0.1, -0.05) is 200 Å². The summed E-state index contributed by atoms with van der Waals surface area (Å²) in [5.41, 5.74) is 9.63. The lowest BCUT2D eigenvalue weighted by Gasteiger charge is -2.57. The van der Waals surface area contributed by atoms with Gasteiger partial charge in [0.2, 0.25) is 0 Å². The summed E-state index contributed by atoms with van der Waals surface area (Å²) in [5.74, 6) is 6.25. The number of ether oxygens (including phenoxy) is 1. The molecule has 10 bridgehead atoms. The van der Waals surface area contributed by atoms with Crippen molar-refractivity contribution in [3.05, 3.63) is 209 Å². The number of halogens is 1. The van der Waals surface area contributed by atoms with Crippen LogP contribution >= 0.6 is 17.0 Å². The van der Waals surface area contributed by atoms with E-state index in [4.69, 9.17) is 9.84 Å². The fraction of sp³-hybridized carbons (Fsp3) is 0.582. The highest BCUT2D eigenvalue weighted by Crippen LogP contribution is 2.60. The molecule has 8 aliphatic carbocycles. The van der Waals surface area contributed by atoms with Gasteiger partial charge in [0, 0.05) is 59.6 Å². The van der Waals surface area contributed by atoms with Gasteiger partial charge in [-0.2, -0.15) is 0 Å². The first-order chi connectivity index (χ1) is 53.6. The number of phenolic OH excluding ortho intramolecular Hbond substituents is 5. The molecular formula is C98H135BrN2O10. The van der Waals surface area contributed by atoms with Gasteiger partial charge in [-0.15, -0.1) is 17.0 Å². The number of aliphatic hydroxyl groups is 3. The molecule has 2 heterocycles. The fourth-order valence-corrected chi connectivity index (χ4v) is 24.8. The summed E-state index contributed by atoms with van der Waals surface area (Å²) in [6, 6.07) is 50.9. The molecule has 0 amide bonds. The molecule has 12 nitrogen and oxygen atoms in total. The molecule has 111 heavy (non-hydrogen) atoms. The molecule has 0 unspecified atom stereocenters. The number of allylic oxidation sites excluding steroid dienone is 1. The number of fused-ring (bicyclic) bond motifs is 10. The van der Waals surface area contributed by atoms with Crippen molar-refractivity contribution >= 4 is 23.0 Å². The van der Waals surface area contributed by atoms with Crippen LogP contribution in [0.25, 0.3) is 0 Å². The summed E-state index contributed by atoms with van der Waals surface area (Å²) in [6.45, 7) is 11.8. The third-order valence-corrected chi connectivity index (χ3v) is 29.4. The molecule has 2 aliphatic heterocycles. The molecular weight excluding hydrogens is 1440 g/mol. The van der Waals surface area contributed by atoms with Crippen molar-refractivity contribution in [1.29, 1.82) is 0 Å². The Labute approximate surface area is 676 Å². The molecule has 0 aromatic heterocycles. The highest BCUT2D eigenvalue weighted by molar-refractivity contribution is 8.93. The normalized spacial score (nSPS) is 30.9. The van der Waals surface area contributed by atoms with Gasteiger partial charge in [-0.05, 0) is 295 Å². The zero-order valence-corrected chi connectivity index (χ0v) is 69.1. The molecule has 2 saturated heterocycles. The lowest BCUT2D eigenvalue weighted by molar-refractivity contribution is -0.137. The minimum Gasteiger partial charge on any atom is -0.508 e. The number of aliphatic hydroxyl groups excluding tert-OH is 3. The van der Waals surface area contributed by atoms with Gasteiger partial charge in [-0.3, -0.25) is 9.80 Å². The maximum absolute atomic E-state index is 12.3. The summed E-state index contributed by atoms with van der Waals surface area (Å²) in [5, 5.41) is 78.0. The van der Waals surface area contributed by atoms with Crippen LogP contribution < -0.4 is 0 Å². The van der Waals surface area contributed by atoms with Crippen LogP contribution in [0.2, 0.25) is 0 Å². The number of piperidine rings is 2. The molecule has 0 radical (unpaired) electrons. The predicted octanol–water partition coefficient (Wildman–Crippen LogP) is 20.9. The first kappa shape index (κ1) is 85.4. The van der Waals surface area contributed by atoms with E-state index in [1.54, 1.807) is 36.4 Å². The van der Waals surface area contributed by atoms with E-state index < -0.39 is 0 Å². The minimum absolute atomic E-state index is 0. The van der Waals surface area contributed by atoms with Gasteiger partial charge < -0.3 is 45.6 Å².